The van der Waals surface area contributed by atoms with Crippen molar-refractivity contribution in [3.63, 3.8) is 0 Å². The highest BCUT2D eigenvalue weighted by Gasteiger charge is 2.14. The summed E-state index contributed by atoms with van der Waals surface area (Å²) in [5, 5.41) is 16.4. The largest absolute Gasteiger partial charge is 0.329 e. The lowest BCUT2D eigenvalue weighted by molar-refractivity contribution is 0.657. The first-order valence-corrected chi connectivity index (χ1v) is 11.1. The number of thiocarbonyl (C=S) groups is 1. The molecule has 0 saturated heterocycles. The lowest BCUT2D eigenvalue weighted by atomic mass is 10.1. The Kier molecular flexibility index (Phi) is 6.37. The van der Waals surface area contributed by atoms with E-state index in [-0.39, 0.29) is 0 Å². The van der Waals surface area contributed by atoms with Gasteiger partial charge in [0.1, 0.15) is 0 Å². The van der Waals surface area contributed by atoms with Crippen LogP contribution in [0.1, 0.15) is 33.8 Å². The first kappa shape index (κ1) is 21.8. The number of nitrogens with one attached hydrogen (secondary N) is 2. The zero-order chi connectivity index (χ0) is 22.7. The Labute approximate surface area is 194 Å². The van der Waals surface area contributed by atoms with Gasteiger partial charge in [-0.15, -0.1) is 0 Å². The molecule has 2 aromatic carbocycles. The molecule has 2 heterocycles. The number of benzene rings is 2. The van der Waals surface area contributed by atoms with Gasteiger partial charge in [-0.05, 0) is 56.6 Å². The number of hydrogen-bond donors (Lipinski definition) is 2. The molecule has 0 fully saturated rings. The average molecular weight is 445 g/mol. The van der Waals surface area contributed by atoms with Gasteiger partial charge in [0.15, 0.2) is 10.9 Å². The van der Waals surface area contributed by atoms with Gasteiger partial charge < -0.3 is 10.6 Å². The molecule has 32 heavy (non-hydrogen) atoms. The molecule has 0 aliphatic rings. The minimum Gasteiger partial charge on any atom is -0.329 e. The molecule has 164 valence electrons. The molecule has 0 aliphatic carbocycles. The van der Waals surface area contributed by atoms with E-state index in [1.54, 1.807) is 0 Å². The van der Waals surface area contributed by atoms with Crippen LogP contribution in [0.3, 0.4) is 0 Å². The van der Waals surface area contributed by atoms with Gasteiger partial charge >= 0.3 is 0 Å². The van der Waals surface area contributed by atoms with Crippen molar-refractivity contribution in [2.75, 3.05) is 10.6 Å². The predicted molar refractivity (Wildman–Crippen MR) is 134 cm³/mol. The van der Waals surface area contributed by atoms with Gasteiger partial charge in [0.2, 0.25) is 0 Å². The van der Waals surface area contributed by atoms with E-state index in [0.29, 0.717) is 5.11 Å². The van der Waals surface area contributed by atoms with Gasteiger partial charge in [0.25, 0.3) is 0 Å². The van der Waals surface area contributed by atoms with Crippen molar-refractivity contribution in [2.45, 2.75) is 40.8 Å². The first-order valence-electron chi connectivity index (χ1n) is 10.7. The van der Waals surface area contributed by atoms with Gasteiger partial charge in [0, 0.05) is 11.8 Å². The van der Waals surface area contributed by atoms with Crippen molar-refractivity contribution < 1.29 is 0 Å². The molecule has 7 heteroatoms. The van der Waals surface area contributed by atoms with Crippen LogP contribution in [0.4, 0.5) is 11.5 Å². The Morgan fingerprint density at radius 1 is 0.844 bits per heavy atom. The molecule has 6 nitrogen and oxygen atoms in total. The first-order chi connectivity index (χ1) is 15.4. The molecule has 0 aliphatic heterocycles. The van der Waals surface area contributed by atoms with Crippen LogP contribution in [-0.2, 0) is 13.1 Å². The Hall–Kier alpha value is -3.45. The second kappa shape index (κ2) is 9.36. The minimum absolute atomic E-state index is 0.496. The SMILES string of the molecule is Cc1ccccc1Cn1nc(C)c(NC(=S)Nc2cc(C)n(Cc3ccccc3)n2)c1C. The molecule has 4 aromatic rings. The van der Waals surface area contributed by atoms with Crippen LogP contribution in [0.2, 0.25) is 0 Å². The molecule has 0 unspecified atom stereocenters. The second-order valence-corrected chi connectivity index (χ2v) is 8.43. The van der Waals surface area contributed by atoms with E-state index in [9.17, 15) is 0 Å². The number of aromatic nitrogens is 4. The van der Waals surface area contributed by atoms with E-state index in [1.807, 2.05) is 47.5 Å². The molecule has 0 bridgehead atoms. The summed E-state index contributed by atoms with van der Waals surface area (Å²) in [4.78, 5) is 0. The maximum Gasteiger partial charge on any atom is 0.176 e. The van der Waals surface area contributed by atoms with Crippen LogP contribution in [0, 0.1) is 27.7 Å². The molecule has 0 amide bonds. The van der Waals surface area contributed by atoms with E-state index in [2.05, 4.69) is 66.0 Å². The predicted octanol–water partition coefficient (Wildman–Crippen LogP) is 5.22. The Morgan fingerprint density at radius 3 is 2.31 bits per heavy atom. The third-order valence-corrected chi connectivity index (χ3v) is 5.80. The molecular weight excluding hydrogens is 416 g/mol. The van der Waals surface area contributed by atoms with Gasteiger partial charge in [-0.2, -0.15) is 10.2 Å². The monoisotopic (exact) mass is 444 g/mol. The normalized spacial score (nSPS) is 10.9. The summed E-state index contributed by atoms with van der Waals surface area (Å²) in [6, 6.07) is 20.7. The quantitative estimate of drug-likeness (QED) is 0.399. The zero-order valence-electron chi connectivity index (χ0n) is 18.9. The number of rotatable bonds is 6. The summed E-state index contributed by atoms with van der Waals surface area (Å²) >= 11 is 5.57. The molecular formula is C25H28N6S. The molecule has 0 radical (unpaired) electrons. The Balaban J connectivity index is 1.44. The molecule has 2 aromatic heterocycles. The lowest BCUT2D eigenvalue weighted by Crippen LogP contribution is -2.20. The van der Waals surface area contributed by atoms with E-state index in [4.69, 9.17) is 17.3 Å². The number of nitrogens with zero attached hydrogens (tertiary/aromatic N) is 4. The van der Waals surface area contributed by atoms with Crippen molar-refractivity contribution in [1.29, 1.82) is 0 Å². The van der Waals surface area contributed by atoms with Gasteiger partial charge in [-0.3, -0.25) is 9.36 Å². The van der Waals surface area contributed by atoms with Crippen molar-refractivity contribution in [2.24, 2.45) is 0 Å². The van der Waals surface area contributed by atoms with Crippen LogP contribution in [0.5, 0.6) is 0 Å². The fraction of sp³-hybridized carbons (Fsp3) is 0.240. The minimum atomic E-state index is 0.496. The van der Waals surface area contributed by atoms with E-state index in [1.165, 1.54) is 16.7 Å². The highest BCUT2D eigenvalue weighted by molar-refractivity contribution is 7.80. The average Bonchev–Trinajstić information content (AvgIpc) is 3.23. The summed E-state index contributed by atoms with van der Waals surface area (Å²) < 4.78 is 3.98. The smallest absolute Gasteiger partial charge is 0.176 e. The highest BCUT2D eigenvalue weighted by atomic mass is 32.1. The fourth-order valence-corrected chi connectivity index (χ4v) is 3.94. The second-order valence-electron chi connectivity index (χ2n) is 8.02. The summed E-state index contributed by atoms with van der Waals surface area (Å²) in [6.07, 6.45) is 0. The summed E-state index contributed by atoms with van der Waals surface area (Å²) in [7, 11) is 0. The maximum atomic E-state index is 5.57. The number of aryl methyl sites for hydroxylation is 3. The molecule has 4 rings (SSSR count). The number of anilines is 2. The zero-order valence-corrected chi connectivity index (χ0v) is 19.7. The summed E-state index contributed by atoms with van der Waals surface area (Å²) in [5.74, 6) is 0.721. The van der Waals surface area contributed by atoms with E-state index < -0.39 is 0 Å². The Bertz CT molecular complexity index is 1240. The van der Waals surface area contributed by atoms with E-state index in [0.717, 1.165) is 41.7 Å². The van der Waals surface area contributed by atoms with E-state index >= 15 is 0 Å². The fourth-order valence-electron chi connectivity index (χ4n) is 3.73. The highest BCUT2D eigenvalue weighted by Crippen LogP contribution is 2.22. The van der Waals surface area contributed by atoms with Crippen LogP contribution < -0.4 is 10.6 Å². The molecule has 0 atom stereocenters. The molecule has 0 spiro atoms. The van der Waals surface area contributed by atoms with Gasteiger partial charge in [-0.25, -0.2) is 0 Å². The lowest BCUT2D eigenvalue weighted by Gasteiger charge is -2.10. The maximum absolute atomic E-state index is 5.57. The van der Waals surface area contributed by atoms with Crippen molar-refractivity contribution in [3.05, 3.63) is 94.4 Å². The summed E-state index contributed by atoms with van der Waals surface area (Å²) in [5.41, 5.74) is 7.66. The van der Waals surface area contributed by atoms with Crippen molar-refractivity contribution >= 4 is 28.8 Å². The van der Waals surface area contributed by atoms with Gasteiger partial charge in [-0.1, -0.05) is 54.6 Å². The van der Waals surface area contributed by atoms with Crippen LogP contribution in [-0.4, -0.2) is 24.7 Å². The third-order valence-electron chi connectivity index (χ3n) is 5.60. The van der Waals surface area contributed by atoms with Crippen LogP contribution >= 0.6 is 12.2 Å². The molecule has 2 N–H and O–H groups in total. The molecule has 0 saturated carbocycles. The van der Waals surface area contributed by atoms with Crippen molar-refractivity contribution in [3.8, 4) is 0 Å². The standard InChI is InChI=1S/C25H28N6S/c1-17-10-8-9-13-22(17)16-31-20(4)24(19(3)28-31)27-25(32)26-23-14-18(2)30(29-23)15-21-11-6-5-7-12-21/h5-14H,15-16H2,1-4H3,(H2,26,27,29,32). The van der Waals surface area contributed by atoms with Crippen molar-refractivity contribution in [1.82, 2.24) is 19.6 Å². The van der Waals surface area contributed by atoms with Gasteiger partial charge in [0.05, 0.1) is 30.2 Å². The third kappa shape index (κ3) is 4.89. The van der Waals surface area contributed by atoms with Crippen LogP contribution in [0.15, 0.2) is 60.7 Å². The topological polar surface area (TPSA) is 59.7 Å². The summed E-state index contributed by atoms with van der Waals surface area (Å²) in [6.45, 7) is 9.66. The Morgan fingerprint density at radius 2 is 1.56 bits per heavy atom. The number of hydrogen-bond acceptors (Lipinski definition) is 3. The van der Waals surface area contributed by atoms with Crippen LogP contribution in [0.25, 0.3) is 0 Å².